The Hall–Kier alpha value is -2.70. The average Bonchev–Trinajstić information content (AvgIpc) is 2.88. The van der Waals surface area contributed by atoms with Crippen molar-refractivity contribution in [3.05, 3.63) is 41.2 Å². The zero-order valence-electron chi connectivity index (χ0n) is 13.6. The Morgan fingerprint density at radius 2 is 1.78 bits per heavy atom. The highest BCUT2D eigenvalue weighted by Crippen LogP contribution is 2.13. The van der Waals surface area contributed by atoms with Crippen molar-refractivity contribution in [2.45, 2.75) is 33.7 Å². The molecule has 0 saturated carbocycles. The zero-order chi connectivity index (χ0) is 17.1. The van der Waals surface area contributed by atoms with Crippen molar-refractivity contribution in [2.24, 2.45) is 5.92 Å². The van der Waals surface area contributed by atoms with E-state index in [0.29, 0.717) is 5.69 Å². The second-order valence-corrected chi connectivity index (χ2v) is 5.66. The van der Waals surface area contributed by atoms with Gasteiger partial charge in [0.2, 0.25) is 0 Å². The molecule has 0 aliphatic carbocycles. The van der Waals surface area contributed by atoms with E-state index in [1.807, 2.05) is 31.2 Å². The molecule has 7 heteroatoms. The van der Waals surface area contributed by atoms with Crippen molar-refractivity contribution in [2.75, 3.05) is 0 Å². The van der Waals surface area contributed by atoms with Gasteiger partial charge in [0.05, 0.1) is 17.3 Å². The lowest BCUT2D eigenvalue weighted by Crippen LogP contribution is -2.40. The molecule has 0 saturated heterocycles. The van der Waals surface area contributed by atoms with Crippen LogP contribution in [0.25, 0.3) is 5.69 Å². The van der Waals surface area contributed by atoms with E-state index < -0.39 is 23.8 Å². The topological polar surface area (TPSA) is 97.1 Å². The molecule has 2 atom stereocenters. The first-order valence-corrected chi connectivity index (χ1v) is 7.34. The minimum absolute atomic E-state index is 0.190. The number of hydrogen-bond donors (Lipinski definition) is 2. The fourth-order valence-corrected chi connectivity index (χ4v) is 2.08. The predicted octanol–water partition coefficient (Wildman–Crippen LogP) is 1.72. The van der Waals surface area contributed by atoms with Crippen LogP contribution in [0.2, 0.25) is 0 Å². The Kier molecular flexibility index (Phi) is 4.78. The Morgan fingerprint density at radius 3 is 2.35 bits per heavy atom. The molecular formula is C16H20N4O3. The summed E-state index contributed by atoms with van der Waals surface area (Å²) >= 11 is 0. The molecule has 0 fully saturated rings. The van der Waals surface area contributed by atoms with Gasteiger partial charge in [-0.05, 0) is 39.8 Å². The monoisotopic (exact) mass is 316 g/mol. The summed E-state index contributed by atoms with van der Waals surface area (Å²) in [6, 6.07) is 7.19. The lowest BCUT2D eigenvalue weighted by atomic mass is 10.0. The molecule has 23 heavy (non-hydrogen) atoms. The number of carboxylic acids is 1. The number of carboxylic acid groups (broad SMARTS) is 1. The highest BCUT2D eigenvalue weighted by Gasteiger charge is 2.24. The van der Waals surface area contributed by atoms with Crippen LogP contribution in [0.5, 0.6) is 0 Å². The molecule has 2 N–H and O–H groups in total. The molecule has 1 aromatic heterocycles. The number of aromatic nitrogens is 3. The molecular weight excluding hydrogens is 296 g/mol. The van der Waals surface area contributed by atoms with Gasteiger partial charge >= 0.3 is 5.97 Å². The van der Waals surface area contributed by atoms with E-state index in [2.05, 4.69) is 15.6 Å². The Morgan fingerprint density at radius 1 is 1.17 bits per heavy atom. The van der Waals surface area contributed by atoms with E-state index in [1.165, 1.54) is 0 Å². The number of aryl methyl sites for hydroxylation is 1. The van der Waals surface area contributed by atoms with Gasteiger partial charge in [-0.2, -0.15) is 0 Å². The summed E-state index contributed by atoms with van der Waals surface area (Å²) in [6.07, 6.45) is 0. The van der Waals surface area contributed by atoms with Crippen LogP contribution in [0, 0.1) is 19.8 Å². The molecule has 7 nitrogen and oxygen atoms in total. The fourth-order valence-electron chi connectivity index (χ4n) is 2.08. The third kappa shape index (κ3) is 3.56. The number of carbonyl (C=O) groups is 2. The molecule has 1 amide bonds. The Balaban J connectivity index is 2.20. The molecule has 0 spiro atoms. The molecule has 0 radical (unpaired) electrons. The number of aliphatic carboxylic acids is 1. The molecule has 0 aliphatic heterocycles. The lowest BCUT2D eigenvalue weighted by molar-refractivity contribution is -0.141. The van der Waals surface area contributed by atoms with Crippen molar-refractivity contribution in [3.8, 4) is 5.69 Å². The van der Waals surface area contributed by atoms with Gasteiger partial charge in [0.1, 0.15) is 0 Å². The number of hydrogen-bond acceptors (Lipinski definition) is 4. The van der Waals surface area contributed by atoms with Gasteiger partial charge in [-0.3, -0.25) is 9.59 Å². The quantitative estimate of drug-likeness (QED) is 0.875. The van der Waals surface area contributed by atoms with Crippen LogP contribution in [0.4, 0.5) is 0 Å². The molecule has 0 bridgehead atoms. The summed E-state index contributed by atoms with van der Waals surface area (Å²) in [6.45, 7) is 6.93. The van der Waals surface area contributed by atoms with Crippen LogP contribution in [-0.4, -0.2) is 38.0 Å². The third-order valence-corrected chi connectivity index (χ3v) is 3.89. The number of nitrogens with zero attached hydrogens (tertiary/aromatic N) is 3. The van der Waals surface area contributed by atoms with E-state index in [4.69, 9.17) is 5.11 Å². The lowest BCUT2D eigenvalue weighted by Gasteiger charge is -2.17. The predicted molar refractivity (Wildman–Crippen MR) is 84.6 cm³/mol. The van der Waals surface area contributed by atoms with Crippen LogP contribution in [0.3, 0.4) is 0 Å². The Bertz CT molecular complexity index is 721. The normalized spacial score (nSPS) is 13.4. The second kappa shape index (κ2) is 6.60. The number of benzene rings is 1. The standard InChI is InChI=1S/C16H20N4O3/c1-9-5-7-13(8-6-9)20-12(4)14(18-19-20)15(21)17-11(3)10(2)16(22)23/h5-8,10-11H,1-4H3,(H,17,21)(H,22,23). The van der Waals surface area contributed by atoms with Crippen LogP contribution in [-0.2, 0) is 4.79 Å². The largest absolute Gasteiger partial charge is 0.481 e. The van der Waals surface area contributed by atoms with Gasteiger partial charge in [-0.15, -0.1) is 5.10 Å². The maximum absolute atomic E-state index is 12.3. The average molecular weight is 316 g/mol. The van der Waals surface area contributed by atoms with Crippen molar-refractivity contribution < 1.29 is 14.7 Å². The zero-order valence-corrected chi connectivity index (χ0v) is 13.6. The summed E-state index contributed by atoms with van der Waals surface area (Å²) < 4.78 is 1.58. The van der Waals surface area contributed by atoms with E-state index in [1.54, 1.807) is 25.5 Å². The summed E-state index contributed by atoms with van der Waals surface area (Å²) in [5.41, 5.74) is 2.73. The van der Waals surface area contributed by atoms with Gasteiger partial charge in [0.15, 0.2) is 5.69 Å². The third-order valence-electron chi connectivity index (χ3n) is 3.89. The molecule has 2 aromatic rings. The first-order valence-electron chi connectivity index (χ1n) is 7.34. The highest BCUT2D eigenvalue weighted by molar-refractivity contribution is 5.93. The smallest absolute Gasteiger partial charge is 0.308 e. The van der Waals surface area contributed by atoms with Crippen molar-refractivity contribution >= 4 is 11.9 Å². The Labute approximate surface area is 134 Å². The number of rotatable bonds is 5. The fraction of sp³-hybridized carbons (Fsp3) is 0.375. The van der Waals surface area contributed by atoms with Crippen molar-refractivity contribution in [1.82, 2.24) is 20.3 Å². The van der Waals surface area contributed by atoms with Crippen LogP contribution >= 0.6 is 0 Å². The molecule has 2 unspecified atom stereocenters. The number of carbonyl (C=O) groups excluding carboxylic acids is 1. The van der Waals surface area contributed by atoms with Crippen LogP contribution in [0.1, 0.15) is 35.6 Å². The summed E-state index contributed by atoms with van der Waals surface area (Å²) in [5, 5.41) is 19.6. The van der Waals surface area contributed by atoms with Crippen molar-refractivity contribution in [1.29, 1.82) is 0 Å². The van der Waals surface area contributed by atoms with Crippen LogP contribution in [0.15, 0.2) is 24.3 Å². The van der Waals surface area contributed by atoms with E-state index in [9.17, 15) is 9.59 Å². The molecule has 0 aliphatic rings. The van der Waals surface area contributed by atoms with Gasteiger partial charge in [0.25, 0.3) is 5.91 Å². The second-order valence-electron chi connectivity index (χ2n) is 5.66. The number of amides is 1. The molecule has 1 aromatic carbocycles. The molecule has 2 rings (SSSR count). The van der Waals surface area contributed by atoms with Gasteiger partial charge in [-0.1, -0.05) is 22.9 Å². The van der Waals surface area contributed by atoms with Gasteiger partial charge in [0, 0.05) is 6.04 Å². The van der Waals surface area contributed by atoms with Crippen LogP contribution < -0.4 is 5.32 Å². The van der Waals surface area contributed by atoms with E-state index in [0.717, 1.165) is 11.3 Å². The first-order chi connectivity index (χ1) is 10.8. The molecule has 122 valence electrons. The highest BCUT2D eigenvalue weighted by atomic mass is 16.4. The van der Waals surface area contributed by atoms with Gasteiger partial charge < -0.3 is 10.4 Å². The minimum atomic E-state index is -0.960. The minimum Gasteiger partial charge on any atom is -0.481 e. The maximum Gasteiger partial charge on any atom is 0.308 e. The summed E-state index contributed by atoms with van der Waals surface area (Å²) in [4.78, 5) is 23.2. The van der Waals surface area contributed by atoms with E-state index in [-0.39, 0.29) is 5.69 Å². The van der Waals surface area contributed by atoms with Crippen molar-refractivity contribution in [3.63, 3.8) is 0 Å². The summed E-state index contributed by atoms with van der Waals surface area (Å²) in [7, 11) is 0. The number of nitrogens with one attached hydrogen (secondary N) is 1. The maximum atomic E-state index is 12.3. The van der Waals surface area contributed by atoms with E-state index >= 15 is 0 Å². The van der Waals surface area contributed by atoms with Gasteiger partial charge in [-0.25, -0.2) is 4.68 Å². The SMILES string of the molecule is Cc1ccc(-n2nnc(C(=O)NC(C)C(C)C(=O)O)c2C)cc1. The summed E-state index contributed by atoms with van der Waals surface area (Å²) in [5.74, 6) is -2.08. The molecule has 1 heterocycles. The first kappa shape index (κ1) is 16.7.